The molecule has 0 heterocycles. The number of nitrogen functional groups attached to an aromatic ring is 1. The summed E-state index contributed by atoms with van der Waals surface area (Å²) in [4.78, 5) is 0. The number of hydrogen-bond donors (Lipinski definition) is 1. The lowest BCUT2D eigenvalue weighted by atomic mass is 9.62. The Balaban J connectivity index is 1.88. The Bertz CT molecular complexity index is 828. The fraction of sp³-hybridized carbons (Fsp3) is 0.833. The van der Waals surface area contributed by atoms with Crippen molar-refractivity contribution in [2.75, 3.05) is 5.73 Å². The summed E-state index contributed by atoms with van der Waals surface area (Å²) in [5.41, 5.74) is 13.3. The molecule has 1 nitrogen and oxygen atoms in total. The van der Waals surface area contributed by atoms with Crippen LogP contribution in [0.5, 0.6) is 0 Å². The van der Waals surface area contributed by atoms with E-state index in [0.717, 1.165) is 53.3 Å². The second kappa shape index (κ2) is 12.0. The number of benzene rings is 1. The Morgan fingerprint density at radius 1 is 0.541 bits per heavy atom. The molecule has 0 aromatic heterocycles. The van der Waals surface area contributed by atoms with Gasteiger partial charge in [-0.1, -0.05) is 93.7 Å². The van der Waals surface area contributed by atoms with Crippen molar-refractivity contribution in [3.05, 3.63) is 28.8 Å². The van der Waals surface area contributed by atoms with Crippen molar-refractivity contribution < 1.29 is 0 Å². The molecule has 0 spiro atoms. The molecule has 0 aliphatic heterocycles. The van der Waals surface area contributed by atoms with Gasteiger partial charge in [-0.25, -0.2) is 0 Å². The van der Waals surface area contributed by atoms with Crippen LogP contribution in [-0.2, 0) is 0 Å². The summed E-state index contributed by atoms with van der Waals surface area (Å²) in [6, 6.07) is 5.34. The van der Waals surface area contributed by atoms with Gasteiger partial charge in [0, 0.05) is 5.69 Å². The highest BCUT2D eigenvalue weighted by molar-refractivity contribution is 5.60. The summed E-state index contributed by atoms with van der Waals surface area (Å²) in [6.45, 7) is 22.3. The normalized spacial score (nSPS) is 37.5. The van der Waals surface area contributed by atoms with Crippen LogP contribution in [0.3, 0.4) is 0 Å². The van der Waals surface area contributed by atoms with E-state index in [-0.39, 0.29) is 0 Å². The topological polar surface area (TPSA) is 26.0 Å². The Labute approximate surface area is 231 Å². The Kier molecular flexibility index (Phi) is 9.44. The molecule has 0 radical (unpaired) electrons. The minimum Gasteiger partial charge on any atom is -0.398 e. The summed E-state index contributed by atoms with van der Waals surface area (Å²) in [5, 5.41) is 0. The second-order valence-corrected chi connectivity index (χ2v) is 15.4. The third-order valence-corrected chi connectivity index (χ3v) is 11.6. The number of anilines is 1. The zero-order valence-corrected chi connectivity index (χ0v) is 26.0. The highest BCUT2D eigenvalue weighted by atomic mass is 14.6. The molecule has 37 heavy (non-hydrogen) atoms. The first-order valence-electron chi connectivity index (χ1n) is 16.4. The molecule has 1 aromatic rings. The average Bonchev–Trinajstić information content (AvgIpc) is 2.83. The van der Waals surface area contributed by atoms with Gasteiger partial charge < -0.3 is 5.73 Å². The zero-order valence-electron chi connectivity index (χ0n) is 26.0. The van der Waals surface area contributed by atoms with Crippen LogP contribution in [0.15, 0.2) is 12.1 Å². The SMILES string of the molecule is CC1CCC(C(C)C)C(c2cc(C3CC(C)CCC3C(C)C)c(N)c(C3CC(C)CCC3C(C)C)c2)C1. The Morgan fingerprint density at radius 3 is 1.22 bits per heavy atom. The number of rotatable bonds is 6. The minimum atomic E-state index is 0.625. The van der Waals surface area contributed by atoms with Crippen molar-refractivity contribution >= 4 is 5.69 Å². The van der Waals surface area contributed by atoms with Gasteiger partial charge in [-0.3, -0.25) is 0 Å². The summed E-state index contributed by atoms with van der Waals surface area (Å²) in [6.07, 6.45) is 12.3. The summed E-state index contributed by atoms with van der Waals surface area (Å²) in [7, 11) is 0. The molecule has 0 saturated heterocycles. The second-order valence-electron chi connectivity index (χ2n) is 15.4. The van der Waals surface area contributed by atoms with E-state index in [4.69, 9.17) is 5.73 Å². The molecule has 9 unspecified atom stereocenters. The van der Waals surface area contributed by atoms with Gasteiger partial charge in [0.1, 0.15) is 0 Å². The van der Waals surface area contributed by atoms with Crippen molar-refractivity contribution in [1.82, 2.24) is 0 Å². The molecule has 3 saturated carbocycles. The Hall–Kier alpha value is -0.980. The fourth-order valence-electron chi connectivity index (χ4n) is 9.26. The highest BCUT2D eigenvalue weighted by Gasteiger charge is 2.39. The van der Waals surface area contributed by atoms with Crippen molar-refractivity contribution in [3.63, 3.8) is 0 Å². The van der Waals surface area contributed by atoms with E-state index < -0.39 is 0 Å². The van der Waals surface area contributed by atoms with Gasteiger partial charge in [0.05, 0.1) is 0 Å². The van der Waals surface area contributed by atoms with Crippen LogP contribution in [-0.4, -0.2) is 0 Å². The maximum absolute atomic E-state index is 7.38. The van der Waals surface area contributed by atoms with Gasteiger partial charge >= 0.3 is 0 Å². The first-order chi connectivity index (χ1) is 17.5. The van der Waals surface area contributed by atoms with Gasteiger partial charge in [0.15, 0.2) is 0 Å². The maximum Gasteiger partial charge on any atom is 0.0385 e. The van der Waals surface area contributed by atoms with E-state index in [1.807, 2.05) is 0 Å². The smallest absolute Gasteiger partial charge is 0.0385 e. The van der Waals surface area contributed by atoms with E-state index in [1.165, 1.54) is 63.5 Å². The molecule has 4 rings (SSSR count). The predicted molar refractivity (Wildman–Crippen MR) is 163 cm³/mol. The van der Waals surface area contributed by atoms with Crippen LogP contribution in [0.4, 0.5) is 5.69 Å². The van der Waals surface area contributed by atoms with Crippen LogP contribution in [0.2, 0.25) is 0 Å². The van der Waals surface area contributed by atoms with Crippen molar-refractivity contribution in [3.8, 4) is 0 Å². The van der Waals surface area contributed by atoms with Gasteiger partial charge in [0.25, 0.3) is 0 Å². The first-order valence-corrected chi connectivity index (χ1v) is 16.4. The quantitative estimate of drug-likeness (QED) is 0.381. The third kappa shape index (κ3) is 6.27. The van der Waals surface area contributed by atoms with Gasteiger partial charge in [0.2, 0.25) is 0 Å². The summed E-state index contributed by atoms with van der Waals surface area (Å²) in [5.74, 6) is 8.92. The van der Waals surface area contributed by atoms with E-state index in [2.05, 4.69) is 74.4 Å². The van der Waals surface area contributed by atoms with Crippen LogP contribution < -0.4 is 5.73 Å². The molecule has 3 fully saturated rings. The lowest BCUT2D eigenvalue weighted by Gasteiger charge is -2.43. The van der Waals surface area contributed by atoms with Crippen molar-refractivity contribution in [2.24, 2.45) is 53.3 Å². The molecule has 1 heteroatoms. The average molecular weight is 508 g/mol. The summed E-state index contributed by atoms with van der Waals surface area (Å²) < 4.78 is 0. The molecule has 2 N–H and O–H groups in total. The van der Waals surface area contributed by atoms with Gasteiger partial charge in [-0.05, 0) is 126 Å². The third-order valence-electron chi connectivity index (χ3n) is 11.6. The predicted octanol–water partition coefficient (Wildman–Crippen LogP) is 10.8. The fourth-order valence-corrected chi connectivity index (χ4v) is 9.26. The lowest BCUT2D eigenvalue weighted by Crippen LogP contribution is -2.30. The van der Waals surface area contributed by atoms with Crippen LogP contribution >= 0.6 is 0 Å². The minimum absolute atomic E-state index is 0.625. The molecule has 9 atom stereocenters. The standard InChI is InChI=1S/C36H61N/c1-21(2)28-13-10-24(7)16-31(28)27-19-34(32-17-25(8)11-14-29(32)22(3)4)36(37)35(20-27)33-18-26(9)12-15-30(33)23(5)6/h19-26,28-33H,10-18,37H2,1-9H3. The van der Waals surface area contributed by atoms with Crippen LogP contribution in [0, 0.1) is 53.3 Å². The highest BCUT2D eigenvalue weighted by Crippen LogP contribution is 2.53. The molecule has 0 bridgehead atoms. The molecule has 3 aliphatic rings. The monoisotopic (exact) mass is 507 g/mol. The van der Waals surface area contributed by atoms with Gasteiger partial charge in [-0.15, -0.1) is 0 Å². The van der Waals surface area contributed by atoms with E-state index in [1.54, 1.807) is 16.7 Å². The van der Waals surface area contributed by atoms with Gasteiger partial charge in [-0.2, -0.15) is 0 Å². The van der Waals surface area contributed by atoms with Crippen molar-refractivity contribution in [1.29, 1.82) is 0 Å². The number of nitrogens with two attached hydrogens (primary N) is 1. The van der Waals surface area contributed by atoms with Crippen LogP contribution in [0.1, 0.15) is 155 Å². The zero-order chi connectivity index (χ0) is 27.0. The van der Waals surface area contributed by atoms with E-state index >= 15 is 0 Å². The van der Waals surface area contributed by atoms with Crippen molar-refractivity contribution in [2.45, 2.75) is 138 Å². The largest absolute Gasteiger partial charge is 0.398 e. The number of hydrogen-bond acceptors (Lipinski definition) is 1. The summed E-state index contributed by atoms with van der Waals surface area (Å²) >= 11 is 0. The lowest BCUT2D eigenvalue weighted by molar-refractivity contribution is 0.189. The first kappa shape index (κ1) is 29.0. The molecule has 210 valence electrons. The van der Waals surface area contributed by atoms with E-state index in [9.17, 15) is 0 Å². The molecular formula is C36H61N. The molecular weight excluding hydrogens is 446 g/mol. The van der Waals surface area contributed by atoms with Crippen LogP contribution in [0.25, 0.3) is 0 Å². The maximum atomic E-state index is 7.38. The van der Waals surface area contributed by atoms with E-state index in [0.29, 0.717) is 17.8 Å². The molecule has 1 aromatic carbocycles. The Morgan fingerprint density at radius 2 is 0.865 bits per heavy atom. The molecule has 0 amide bonds. The molecule has 3 aliphatic carbocycles.